The summed E-state index contributed by atoms with van der Waals surface area (Å²) in [7, 11) is -3.88. The number of nitrogens with one attached hydrogen (secondary N) is 2. The molecule has 0 radical (unpaired) electrons. The fourth-order valence-electron chi connectivity index (χ4n) is 2.61. The molecule has 158 valence electrons. The summed E-state index contributed by atoms with van der Waals surface area (Å²) in [5.74, 6) is 0.171. The van der Waals surface area contributed by atoms with Gasteiger partial charge in [-0.2, -0.15) is 16.5 Å². The van der Waals surface area contributed by atoms with Crippen molar-refractivity contribution in [2.24, 2.45) is 0 Å². The second-order valence-corrected chi connectivity index (χ2v) is 10.3. The molecule has 2 aromatic carbocycles. The van der Waals surface area contributed by atoms with Gasteiger partial charge in [-0.1, -0.05) is 41.9 Å². The van der Waals surface area contributed by atoms with Gasteiger partial charge in [-0.3, -0.25) is 4.79 Å². The molecule has 3 aromatic rings. The van der Waals surface area contributed by atoms with E-state index in [0.717, 1.165) is 11.3 Å². The Balaban J connectivity index is 1.74. The molecular weight excluding hydrogens is 462 g/mol. The van der Waals surface area contributed by atoms with Gasteiger partial charge in [-0.05, 0) is 42.7 Å². The van der Waals surface area contributed by atoms with Crippen LogP contribution >= 0.6 is 34.7 Å². The van der Waals surface area contributed by atoms with Crippen LogP contribution in [0.15, 0.2) is 64.9 Å². The van der Waals surface area contributed by atoms with Crippen molar-refractivity contribution < 1.29 is 13.2 Å². The zero-order valence-electron chi connectivity index (χ0n) is 16.0. The van der Waals surface area contributed by atoms with Gasteiger partial charge in [-0.15, -0.1) is 11.3 Å². The topological polar surface area (TPSA) is 88.2 Å². The number of hydrogen-bond acceptors (Lipinski definition) is 6. The van der Waals surface area contributed by atoms with Gasteiger partial charge >= 0.3 is 0 Å². The van der Waals surface area contributed by atoms with Gasteiger partial charge in [0.15, 0.2) is 5.13 Å². The van der Waals surface area contributed by atoms with Crippen LogP contribution in [0.25, 0.3) is 11.3 Å². The molecule has 0 unspecified atom stereocenters. The summed E-state index contributed by atoms with van der Waals surface area (Å²) >= 11 is 8.66. The quantitative estimate of drug-likeness (QED) is 0.469. The third kappa shape index (κ3) is 6.05. The summed E-state index contributed by atoms with van der Waals surface area (Å²) in [6.07, 6.45) is 2.24. The van der Waals surface area contributed by atoms with E-state index in [2.05, 4.69) is 15.0 Å². The first-order valence-corrected chi connectivity index (χ1v) is 13.1. The van der Waals surface area contributed by atoms with Gasteiger partial charge in [0.2, 0.25) is 15.9 Å². The number of sulfonamides is 1. The maximum atomic E-state index is 12.8. The summed E-state index contributed by atoms with van der Waals surface area (Å²) in [6.45, 7) is 0. The minimum absolute atomic E-state index is 0.0504. The van der Waals surface area contributed by atoms with Gasteiger partial charge in [0.1, 0.15) is 6.04 Å². The molecule has 0 saturated heterocycles. The molecular formula is C20H20ClN3O3S3. The SMILES string of the molecule is CSCC[C@H](NS(=O)(=O)c1ccc(Cl)cc1)C(=O)Nc1nc(-c2ccccc2)cs1. The molecule has 0 fully saturated rings. The van der Waals surface area contributed by atoms with E-state index in [1.807, 2.05) is 42.0 Å². The molecule has 1 amide bonds. The Bertz CT molecular complexity index is 1090. The van der Waals surface area contributed by atoms with Crippen LogP contribution in [0.4, 0.5) is 5.13 Å². The number of rotatable bonds is 9. The van der Waals surface area contributed by atoms with Crippen LogP contribution in [0.2, 0.25) is 5.02 Å². The minimum Gasteiger partial charge on any atom is -0.301 e. The van der Waals surface area contributed by atoms with Crippen molar-refractivity contribution in [1.82, 2.24) is 9.71 Å². The number of carbonyl (C=O) groups is 1. The number of halogens is 1. The van der Waals surface area contributed by atoms with Crippen LogP contribution < -0.4 is 10.0 Å². The fourth-order valence-corrected chi connectivity index (χ4v) is 5.16. The van der Waals surface area contributed by atoms with Crippen molar-refractivity contribution in [3.05, 3.63) is 65.0 Å². The number of thiazole rings is 1. The summed E-state index contributed by atoms with van der Waals surface area (Å²) in [4.78, 5) is 17.3. The van der Waals surface area contributed by atoms with Crippen LogP contribution in [-0.4, -0.2) is 37.4 Å². The molecule has 6 nitrogen and oxygen atoms in total. The highest BCUT2D eigenvalue weighted by Crippen LogP contribution is 2.25. The van der Waals surface area contributed by atoms with Crippen molar-refractivity contribution in [2.45, 2.75) is 17.4 Å². The number of hydrogen-bond donors (Lipinski definition) is 2. The van der Waals surface area contributed by atoms with Crippen molar-refractivity contribution in [3.63, 3.8) is 0 Å². The molecule has 1 heterocycles. The number of amides is 1. The van der Waals surface area contributed by atoms with Gasteiger partial charge in [-0.25, -0.2) is 13.4 Å². The lowest BCUT2D eigenvalue weighted by atomic mass is 10.2. The number of aromatic nitrogens is 1. The molecule has 30 heavy (non-hydrogen) atoms. The number of nitrogens with zero attached hydrogens (tertiary/aromatic N) is 1. The maximum Gasteiger partial charge on any atom is 0.244 e. The molecule has 2 N–H and O–H groups in total. The Labute approximate surface area is 189 Å². The maximum absolute atomic E-state index is 12.8. The Morgan fingerprint density at radius 3 is 2.53 bits per heavy atom. The van der Waals surface area contributed by atoms with Gasteiger partial charge in [0.25, 0.3) is 0 Å². The van der Waals surface area contributed by atoms with Crippen LogP contribution in [0.3, 0.4) is 0 Å². The van der Waals surface area contributed by atoms with E-state index in [9.17, 15) is 13.2 Å². The monoisotopic (exact) mass is 481 g/mol. The predicted octanol–water partition coefficient (Wildman–Crippen LogP) is 4.50. The standard InChI is InChI=1S/C20H20ClN3O3S3/c1-28-12-11-17(24-30(26,27)16-9-7-15(21)8-10-16)19(25)23-20-22-18(13-29-20)14-5-3-2-4-6-14/h2-10,13,17,24H,11-12H2,1H3,(H,22,23,25)/t17-/m0/s1. The van der Waals surface area contributed by atoms with E-state index >= 15 is 0 Å². The molecule has 3 rings (SSSR count). The summed E-state index contributed by atoms with van der Waals surface area (Å²) < 4.78 is 27.9. The average molecular weight is 482 g/mol. The minimum atomic E-state index is -3.88. The Morgan fingerprint density at radius 2 is 1.87 bits per heavy atom. The van der Waals surface area contributed by atoms with Crippen LogP contribution in [0.1, 0.15) is 6.42 Å². The Kier molecular flexibility index (Phi) is 7.90. The molecule has 10 heteroatoms. The third-order valence-electron chi connectivity index (χ3n) is 4.15. The van der Waals surface area contributed by atoms with E-state index in [4.69, 9.17) is 11.6 Å². The third-order valence-corrected chi connectivity index (χ3v) is 7.29. The van der Waals surface area contributed by atoms with E-state index in [0.29, 0.717) is 22.3 Å². The molecule has 0 aliphatic heterocycles. The lowest BCUT2D eigenvalue weighted by Gasteiger charge is -2.17. The molecule has 0 saturated carbocycles. The zero-order valence-corrected chi connectivity index (χ0v) is 19.2. The van der Waals surface area contributed by atoms with Gasteiger partial charge in [0, 0.05) is 16.0 Å². The van der Waals surface area contributed by atoms with E-state index in [-0.39, 0.29) is 4.90 Å². The highest BCUT2D eigenvalue weighted by atomic mass is 35.5. The number of carbonyl (C=O) groups excluding carboxylic acids is 1. The molecule has 0 spiro atoms. The normalized spacial score (nSPS) is 12.5. The van der Waals surface area contributed by atoms with Crippen molar-refractivity contribution in [3.8, 4) is 11.3 Å². The van der Waals surface area contributed by atoms with Gasteiger partial charge in [0.05, 0.1) is 10.6 Å². The smallest absolute Gasteiger partial charge is 0.244 e. The second-order valence-electron chi connectivity index (χ2n) is 6.30. The summed E-state index contributed by atoms with van der Waals surface area (Å²) in [5, 5.41) is 5.43. The van der Waals surface area contributed by atoms with Crippen LogP contribution in [0.5, 0.6) is 0 Å². The van der Waals surface area contributed by atoms with Crippen molar-refractivity contribution in [1.29, 1.82) is 0 Å². The summed E-state index contributed by atoms with van der Waals surface area (Å²) in [6, 6.07) is 14.5. The average Bonchev–Trinajstić information content (AvgIpc) is 3.20. The fraction of sp³-hybridized carbons (Fsp3) is 0.200. The van der Waals surface area contributed by atoms with Crippen molar-refractivity contribution >= 4 is 55.8 Å². The highest BCUT2D eigenvalue weighted by molar-refractivity contribution is 7.98. The van der Waals surface area contributed by atoms with Gasteiger partial charge < -0.3 is 5.32 Å². The first-order chi connectivity index (χ1) is 14.4. The van der Waals surface area contributed by atoms with E-state index in [1.165, 1.54) is 47.4 Å². The lowest BCUT2D eigenvalue weighted by molar-refractivity contribution is -0.117. The molecule has 0 bridgehead atoms. The largest absolute Gasteiger partial charge is 0.301 e. The Hall–Kier alpha value is -1.91. The number of thioether (sulfide) groups is 1. The molecule has 1 atom stereocenters. The second kappa shape index (κ2) is 10.4. The van der Waals surface area contributed by atoms with Crippen LogP contribution in [-0.2, 0) is 14.8 Å². The zero-order chi connectivity index (χ0) is 21.6. The predicted molar refractivity (Wildman–Crippen MR) is 125 cm³/mol. The highest BCUT2D eigenvalue weighted by Gasteiger charge is 2.26. The lowest BCUT2D eigenvalue weighted by Crippen LogP contribution is -2.44. The van der Waals surface area contributed by atoms with E-state index < -0.39 is 22.0 Å². The first-order valence-electron chi connectivity index (χ1n) is 8.97. The van der Waals surface area contributed by atoms with E-state index in [1.54, 1.807) is 0 Å². The van der Waals surface area contributed by atoms with Crippen molar-refractivity contribution in [2.75, 3.05) is 17.3 Å². The molecule has 0 aliphatic rings. The Morgan fingerprint density at radius 1 is 1.17 bits per heavy atom. The summed E-state index contributed by atoms with van der Waals surface area (Å²) in [5.41, 5.74) is 1.69. The molecule has 0 aliphatic carbocycles. The first kappa shape index (κ1) is 22.8. The number of anilines is 1. The number of benzene rings is 2. The molecule has 1 aromatic heterocycles. The van der Waals surface area contributed by atoms with Crippen LogP contribution in [0, 0.1) is 0 Å².